The van der Waals surface area contributed by atoms with Crippen molar-refractivity contribution in [2.45, 2.75) is 51.0 Å². The molecule has 1 saturated heterocycles. The van der Waals surface area contributed by atoms with Gasteiger partial charge in [-0.15, -0.1) is 0 Å². The number of rotatable bonds is 6. The van der Waals surface area contributed by atoms with Crippen molar-refractivity contribution in [2.24, 2.45) is 0 Å². The average molecular weight is 341 g/mol. The van der Waals surface area contributed by atoms with Crippen molar-refractivity contribution in [3.63, 3.8) is 0 Å². The third-order valence-corrected chi connectivity index (χ3v) is 5.86. The number of quaternary nitrogens is 1. The zero-order valence-corrected chi connectivity index (χ0v) is 15.0. The zero-order chi connectivity index (χ0) is 17.1. The smallest absolute Gasteiger partial charge is 0.251 e. The molecular formula is C20H29N4O+. The van der Waals surface area contributed by atoms with Crippen LogP contribution < -0.4 is 10.2 Å². The van der Waals surface area contributed by atoms with Gasteiger partial charge in [-0.1, -0.05) is 12.8 Å². The maximum Gasteiger partial charge on any atom is 0.251 e. The first kappa shape index (κ1) is 16.6. The second-order valence-electron chi connectivity index (χ2n) is 7.61. The Bertz CT molecular complexity index is 726. The molecule has 25 heavy (non-hydrogen) atoms. The fraction of sp³-hybridized carbons (Fsp3) is 0.600. The van der Waals surface area contributed by atoms with Crippen molar-refractivity contribution in [1.82, 2.24) is 14.9 Å². The van der Waals surface area contributed by atoms with E-state index in [9.17, 15) is 4.79 Å². The fourth-order valence-corrected chi connectivity index (χ4v) is 4.41. The molecule has 0 atom stereocenters. The van der Waals surface area contributed by atoms with Crippen molar-refractivity contribution in [3.8, 4) is 0 Å². The minimum atomic E-state index is 0.0220. The molecule has 2 aliphatic rings. The molecule has 2 aromatic rings. The van der Waals surface area contributed by atoms with E-state index in [2.05, 4.69) is 20.9 Å². The van der Waals surface area contributed by atoms with Crippen molar-refractivity contribution in [1.29, 1.82) is 0 Å². The summed E-state index contributed by atoms with van der Waals surface area (Å²) in [6.45, 7) is 4.53. The lowest BCUT2D eigenvalue weighted by atomic mass is 10.1. The van der Waals surface area contributed by atoms with Crippen LogP contribution in [0.25, 0.3) is 11.0 Å². The Balaban J connectivity index is 1.35. The third kappa shape index (κ3) is 3.71. The number of hydrogen-bond donors (Lipinski definition) is 2. The molecule has 0 radical (unpaired) electrons. The van der Waals surface area contributed by atoms with Crippen LogP contribution in [-0.4, -0.2) is 41.6 Å². The van der Waals surface area contributed by atoms with Gasteiger partial charge in [-0.25, -0.2) is 4.98 Å². The van der Waals surface area contributed by atoms with Crippen LogP contribution in [0.4, 0.5) is 0 Å². The Morgan fingerprint density at radius 2 is 2.00 bits per heavy atom. The van der Waals surface area contributed by atoms with Gasteiger partial charge >= 0.3 is 0 Å². The summed E-state index contributed by atoms with van der Waals surface area (Å²) in [5.74, 6) is 0.0220. The highest BCUT2D eigenvalue weighted by atomic mass is 16.1. The van der Waals surface area contributed by atoms with Crippen LogP contribution in [0, 0.1) is 0 Å². The number of likely N-dealkylation sites (tertiary alicyclic amines) is 1. The van der Waals surface area contributed by atoms with E-state index in [1.54, 1.807) is 4.90 Å². The van der Waals surface area contributed by atoms with Crippen LogP contribution in [0.15, 0.2) is 24.5 Å². The van der Waals surface area contributed by atoms with Crippen LogP contribution >= 0.6 is 0 Å². The molecule has 5 nitrogen and oxygen atoms in total. The van der Waals surface area contributed by atoms with E-state index in [0.29, 0.717) is 6.04 Å². The molecular weight excluding hydrogens is 312 g/mol. The minimum absolute atomic E-state index is 0.0220. The highest BCUT2D eigenvalue weighted by molar-refractivity contribution is 5.97. The molecule has 134 valence electrons. The largest absolute Gasteiger partial charge is 0.352 e. The predicted octanol–water partition coefficient (Wildman–Crippen LogP) is 1.95. The van der Waals surface area contributed by atoms with Crippen LogP contribution in [0.2, 0.25) is 0 Å². The van der Waals surface area contributed by atoms with Gasteiger partial charge in [0.15, 0.2) is 0 Å². The number of nitrogens with one attached hydrogen (secondary N) is 2. The number of imidazole rings is 1. The van der Waals surface area contributed by atoms with Gasteiger partial charge in [0, 0.05) is 37.4 Å². The van der Waals surface area contributed by atoms with Crippen LogP contribution in [-0.2, 0) is 0 Å². The van der Waals surface area contributed by atoms with E-state index >= 15 is 0 Å². The molecule has 1 aliphatic carbocycles. The fourth-order valence-electron chi connectivity index (χ4n) is 4.41. The maximum atomic E-state index is 12.4. The lowest BCUT2D eigenvalue weighted by Gasteiger charge is -2.13. The summed E-state index contributed by atoms with van der Waals surface area (Å²) in [5, 5.41) is 3.06. The standard InChI is InChI=1S/C20H28N4O/c25-20(21-10-5-13-23-11-3-4-12-23)16-8-9-19-18(14-16)22-15-24(19)17-6-1-2-7-17/h8-9,14-15,17H,1-7,10-13H2,(H,21,25)/p+1. The number of carbonyl (C=O) groups excluding carboxylic acids is 1. The monoisotopic (exact) mass is 341 g/mol. The second-order valence-corrected chi connectivity index (χ2v) is 7.61. The Kier molecular flexibility index (Phi) is 5.02. The Hall–Kier alpha value is -1.88. The predicted molar refractivity (Wildman–Crippen MR) is 99.0 cm³/mol. The molecule has 0 spiro atoms. The number of benzene rings is 1. The third-order valence-electron chi connectivity index (χ3n) is 5.86. The van der Waals surface area contributed by atoms with Crippen molar-refractivity contribution >= 4 is 16.9 Å². The second kappa shape index (κ2) is 7.56. The minimum Gasteiger partial charge on any atom is -0.352 e. The summed E-state index contributed by atoms with van der Waals surface area (Å²) >= 11 is 0. The van der Waals surface area contributed by atoms with E-state index in [0.717, 1.165) is 29.6 Å². The lowest BCUT2D eigenvalue weighted by Crippen LogP contribution is -3.10. The SMILES string of the molecule is O=C(NCCC[NH+]1CCCC1)c1ccc2c(c1)ncn2C1CCCC1. The van der Waals surface area contributed by atoms with Crippen molar-refractivity contribution in [2.75, 3.05) is 26.2 Å². The number of aromatic nitrogens is 2. The topological polar surface area (TPSA) is 51.4 Å². The van der Waals surface area contributed by atoms with Gasteiger partial charge < -0.3 is 14.8 Å². The molecule has 2 fully saturated rings. The first-order chi connectivity index (χ1) is 12.3. The van der Waals surface area contributed by atoms with E-state index in [4.69, 9.17) is 0 Å². The summed E-state index contributed by atoms with van der Waals surface area (Å²) in [6, 6.07) is 6.51. The maximum absolute atomic E-state index is 12.4. The van der Waals surface area contributed by atoms with Gasteiger partial charge in [0.2, 0.25) is 0 Å². The quantitative estimate of drug-likeness (QED) is 0.789. The summed E-state index contributed by atoms with van der Waals surface area (Å²) < 4.78 is 2.29. The molecule has 5 heteroatoms. The van der Waals surface area contributed by atoms with Crippen LogP contribution in [0.3, 0.4) is 0 Å². The average Bonchev–Trinajstić information content (AvgIpc) is 3.38. The normalized spacial score (nSPS) is 19.0. The lowest BCUT2D eigenvalue weighted by molar-refractivity contribution is -0.887. The van der Waals surface area contributed by atoms with Gasteiger partial charge in [-0.05, 0) is 31.0 Å². The summed E-state index contributed by atoms with van der Waals surface area (Å²) in [7, 11) is 0. The van der Waals surface area contributed by atoms with E-state index in [1.165, 1.54) is 58.2 Å². The van der Waals surface area contributed by atoms with E-state index in [1.807, 2.05) is 18.5 Å². The highest BCUT2D eigenvalue weighted by Gasteiger charge is 2.19. The number of nitrogens with zero attached hydrogens (tertiary/aromatic N) is 2. The molecule has 0 bridgehead atoms. The zero-order valence-electron chi connectivity index (χ0n) is 15.0. The summed E-state index contributed by atoms with van der Waals surface area (Å²) in [5.41, 5.74) is 2.81. The van der Waals surface area contributed by atoms with E-state index in [-0.39, 0.29) is 5.91 Å². The number of amides is 1. The Labute approximate surface area is 149 Å². The molecule has 1 amide bonds. The van der Waals surface area contributed by atoms with Gasteiger partial charge in [0.05, 0.1) is 37.0 Å². The molecule has 1 aromatic heterocycles. The Morgan fingerprint density at radius 1 is 1.20 bits per heavy atom. The van der Waals surface area contributed by atoms with Crippen LogP contribution in [0.1, 0.15) is 61.3 Å². The first-order valence-corrected chi connectivity index (χ1v) is 9.89. The molecule has 4 rings (SSSR count). The number of hydrogen-bond acceptors (Lipinski definition) is 2. The summed E-state index contributed by atoms with van der Waals surface area (Å²) in [6.07, 6.45) is 10.8. The Morgan fingerprint density at radius 3 is 2.80 bits per heavy atom. The molecule has 1 aliphatic heterocycles. The molecule has 1 aromatic carbocycles. The van der Waals surface area contributed by atoms with Crippen LogP contribution in [0.5, 0.6) is 0 Å². The van der Waals surface area contributed by atoms with Gasteiger partial charge in [0.1, 0.15) is 0 Å². The number of fused-ring (bicyclic) bond motifs is 1. The molecule has 0 unspecified atom stereocenters. The summed E-state index contributed by atoms with van der Waals surface area (Å²) in [4.78, 5) is 18.6. The van der Waals surface area contributed by atoms with Crippen molar-refractivity contribution < 1.29 is 9.69 Å². The van der Waals surface area contributed by atoms with Crippen molar-refractivity contribution in [3.05, 3.63) is 30.1 Å². The molecule has 2 N–H and O–H groups in total. The van der Waals surface area contributed by atoms with Gasteiger partial charge in [-0.3, -0.25) is 4.79 Å². The number of carbonyl (C=O) groups is 1. The molecule has 1 saturated carbocycles. The van der Waals surface area contributed by atoms with Gasteiger partial charge in [0.25, 0.3) is 5.91 Å². The highest BCUT2D eigenvalue weighted by Crippen LogP contribution is 2.32. The van der Waals surface area contributed by atoms with E-state index < -0.39 is 0 Å². The molecule has 2 heterocycles. The van der Waals surface area contributed by atoms with Gasteiger partial charge in [-0.2, -0.15) is 0 Å². The first-order valence-electron chi connectivity index (χ1n) is 9.89.